The Morgan fingerprint density at radius 1 is 0.175 bits per heavy atom. The van der Waals surface area contributed by atoms with E-state index in [4.69, 9.17) is 0 Å². The van der Waals surface area contributed by atoms with E-state index in [0.717, 1.165) is 19.3 Å². The van der Waals surface area contributed by atoms with Gasteiger partial charge in [-0.2, -0.15) is 0 Å². The molecule has 3 heteroatoms. The molecule has 0 unspecified atom stereocenters. The number of hydrogen-bond acceptors (Lipinski definition) is 2. The van der Waals surface area contributed by atoms with Crippen molar-refractivity contribution >= 4 is 7.06 Å². The third-order valence-electron chi connectivity index (χ3n) is 13.6. The minimum atomic E-state index is -3.56. The van der Waals surface area contributed by atoms with E-state index in [0.29, 0.717) is 18.5 Å². The number of unbranched alkanes of at least 4 members (excludes halogenated alkanes) is 45. The van der Waals surface area contributed by atoms with Gasteiger partial charge in [0.1, 0.15) is 0 Å². The fourth-order valence-electron chi connectivity index (χ4n) is 9.41. The Hall–Kier alpha value is 0.350. The molecule has 0 radical (unpaired) electrons. The van der Waals surface area contributed by atoms with Gasteiger partial charge in [0.2, 0.25) is 0 Å². The summed E-state index contributed by atoms with van der Waals surface area (Å²) in [5, 5.41) is 0. The van der Waals surface area contributed by atoms with Gasteiger partial charge in [0.25, 0.3) is 0 Å². The number of rotatable bonds is 51. The van der Waals surface area contributed by atoms with Gasteiger partial charge in [-0.05, 0) is 0 Å². The van der Waals surface area contributed by atoms with Gasteiger partial charge in [0.05, 0.1) is 0 Å². The van der Waals surface area contributed by atoms with Crippen molar-refractivity contribution in [2.75, 3.05) is 18.5 Å². The Morgan fingerprint density at radius 2 is 0.281 bits per heavy atom. The second-order valence-corrected chi connectivity index (χ2v) is 24.2. The van der Waals surface area contributed by atoms with Crippen LogP contribution in [-0.4, -0.2) is 28.3 Å². The molecule has 0 amide bonds. The summed E-state index contributed by atoms with van der Waals surface area (Å²) in [7, 11) is -3.56. The van der Waals surface area contributed by atoms with Crippen molar-refractivity contribution in [1.82, 2.24) is 0 Å². The minimum Gasteiger partial charge on any atom is -0.0654 e. The monoisotopic (exact) mass is 825 g/mol. The van der Waals surface area contributed by atoms with Gasteiger partial charge >= 0.3 is 247 Å². The molecule has 0 aliphatic carbocycles. The first kappa shape index (κ1) is 57.3. The summed E-state index contributed by atoms with van der Waals surface area (Å²) in [5.41, 5.74) is 0. The Labute approximate surface area is 363 Å². The van der Waals surface area contributed by atoms with Gasteiger partial charge in [-0.1, -0.05) is 117 Å². The quantitative estimate of drug-likeness (QED) is 0.0474. The minimum absolute atomic E-state index is 0.710. The van der Waals surface area contributed by atoms with Crippen LogP contribution >= 0.6 is 7.06 Å². The van der Waals surface area contributed by atoms with E-state index in [-0.39, 0.29) is 0 Å². The zero-order valence-corrected chi connectivity index (χ0v) is 41.3. The van der Waals surface area contributed by atoms with E-state index in [1.54, 1.807) is 0 Å². The molecule has 0 bridgehead atoms. The van der Waals surface area contributed by atoms with Crippen molar-refractivity contribution in [3.63, 3.8) is 0 Å². The summed E-state index contributed by atoms with van der Waals surface area (Å²) in [5.74, 6) is 0. The first-order valence-corrected chi connectivity index (χ1v) is 30.2. The second kappa shape index (κ2) is 45.9. The van der Waals surface area contributed by atoms with Crippen LogP contribution in [0.3, 0.4) is 0 Å². The van der Waals surface area contributed by atoms with Gasteiger partial charge in [0, 0.05) is 0 Å². The molecule has 0 saturated carbocycles. The van der Waals surface area contributed by atoms with E-state index < -0.39 is 7.06 Å². The van der Waals surface area contributed by atoms with Crippen LogP contribution in [0.4, 0.5) is 0 Å². The van der Waals surface area contributed by atoms with Gasteiger partial charge in [0.15, 0.2) is 0 Å². The maximum atomic E-state index is 12.0. The molecule has 0 spiro atoms. The summed E-state index contributed by atoms with van der Waals surface area (Å²) in [4.78, 5) is 24.0. The van der Waals surface area contributed by atoms with Crippen LogP contribution in [0, 0.1) is 0 Å². The Kier molecular flexibility index (Phi) is 46.1. The van der Waals surface area contributed by atoms with Gasteiger partial charge < -0.3 is 0 Å². The standard InChI is InChI=1S/C54H113O2P/c1-4-7-10-13-16-19-22-25-28-31-34-37-40-43-46-49-52-57(55,56,53-50-47-44-41-38-35-32-29-26-23-20-17-14-11-8-5-2)54-51-48-45-42-39-36-33-30-27-24-21-18-15-12-9-6-3/h55-56H,4-54H2,1-3H3. The van der Waals surface area contributed by atoms with Crippen LogP contribution in [0.2, 0.25) is 0 Å². The van der Waals surface area contributed by atoms with Crippen LogP contribution in [0.25, 0.3) is 0 Å². The SMILES string of the molecule is CCCCCCCCCCCCCCCCCCP(O)(O)(CCCCCCCCCCCCCCCCCC)CCCCCCCCCCCCCCCCCC. The summed E-state index contributed by atoms with van der Waals surface area (Å²) in [6.45, 7) is 6.91. The average Bonchev–Trinajstić information content (AvgIpc) is 3.20. The van der Waals surface area contributed by atoms with Gasteiger partial charge in [-0.15, -0.1) is 0 Å². The maximum absolute atomic E-state index is 12.0. The summed E-state index contributed by atoms with van der Waals surface area (Å²) >= 11 is 0. The summed E-state index contributed by atoms with van der Waals surface area (Å²) < 4.78 is 0. The zero-order valence-electron chi connectivity index (χ0n) is 40.4. The molecule has 0 aliphatic rings. The second-order valence-electron chi connectivity index (χ2n) is 19.7. The van der Waals surface area contributed by atoms with E-state index in [1.807, 2.05) is 0 Å². The topological polar surface area (TPSA) is 40.5 Å². The van der Waals surface area contributed by atoms with Crippen molar-refractivity contribution in [2.45, 2.75) is 329 Å². The fraction of sp³-hybridized carbons (Fsp3) is 1.00. The van der Waals surface area contributed by atoms with Crippen molar-refractivity contribution in [3.05, 3.63) is 0 Å². The Morgan fingerprint density at radius 3 is 0.404 bits per heavy atom. The van der Waals surface area contributed by atoms with Crippen LogP contribution in [0.1, 0.15) is 329 Å². The van der Waals surface area contributed by atoms with E-state index in [1.165, 1.54) is 289 Å². The normalized spacial score (nSPS) is 12.8. The first-order chi connectivity index (χ1) is 28.0. The molecule has 0 atom stereocenters. The molecular formula is C54H113O2P. The molecule has 0 aromatic carbocycles. The molecule has 2 nitrogen and oxygen atoms in total. The average molecular weight is 825 g/mol. The van der Waals surface area contributed by atoms with Gasteiger partial charge in [-0.25, -0.2) is 0 Å². The number of hydrogen-bond donors (Lipinski definition) is 2. The van der Waals surface area contributed by atoms with Gasteiger partial charge in [-0.3, -0.25) is 0 Å². The fourth-order valence-corrected chi connectivity index (χ4v) is 12.9. The van der Waals surface area contributed by atoms with Crippen LogP contribution in [-0.2, 0) is 0 Å². The molecule has 0 fully saturated rings. The van der Waals surface area contributed by atoms with Crippen molar-refractivity contribution in [1.29, 1.82) is 0 Å². The van der Waals surface area contributed by atoms with Crippen LogP contribution in [0.15, 0.2) is 0 Å². The van der Waals surface area contributed by atoms with Crippen LogP contribution in [0.5, 0.6) is 0 Å². The third kappa shape index (κ3) is 45.7. The van der Waals surface area contributed by atoms with Crippen molar-refractivity contribution in [3.8, 4) is 0 Å². The third-order valence-corrected chi connectivity index (χ3v) is 17.6. The molecule has 0 aliphatic heterocycles. The molecular weight excluding hydrogens is 712 g/mol. The molecule has 57 heavy (non-hydrogen) atoms. The van der Waals surface area contributed by atoms with Crippen LogP contribution < -0.4 is 0 Å². The molecule has 346 valence electrons. The molecule has 0 rings (SSSR count). The van der Waals surface area contributed by atoms with Crippen molar-refractivity contribution in [2.24, 2.45) is 0 Å². The van der Waals surface area contributed by atoms with Crippen molar-refractivity contribution < 1.29 is 9.79 Å². The molecule has 0 saturated heterocycles. The Bertz CT molecular complexity index is 642. The molecule has 0 aromatic heterocycles. The van der Waals surface area contributed by atoms with E-state index >= 15 is 0 Å². The Balaban J connectivity index is 4.21. The predicted octanol–water partition coefficient (Wildman–Crippen LogP) is 20.1. The summed E-state index contributed by atoms with van der Waals surface area (Å²) in [6, 6.07) is 0. The summed E-state index contributed by atoms with van der Waals surface area (Å²) in [6.07, 6.45) is 67.8. The molecule has 0 heterocycles. The van der Waals surface area contributed by atoms with E-state index in [9.17, 15) is 9.79 Å². The molecule has 0 aromatic rings. The molecule has 2 N–H and O–H groups in total. The smallest absolute Gasteiger partial charge is 0.0654 e. The zero-order chi connectivity index (χ0) is 41.5. The predicted molar refractivity (Wildman–Crippen MR) is 265 cm³/mol. The van der Waals surface area contributed by atoms with E-state index in [2.05, 4.69) is 20.8 Å². The first-order valence-electron chi connectivity index (χ1n) is 27.5.